The third-order valence-electron chi connectivity index (χ3n) is 2.65. The Bertz CT molecular complexity index is 499. The Morgan fingerprint density at radius 1 is 1.42 bits per heavy atom. The summed E-state index contributed by atoms with van der Waals surface area (Å²) in [5, 5.41) is 2.32. The maximum Gasteiger partial charge on any atom is 0.401 e. The number of ether oxygens (including phenoxy) is 1. The molecule has 1 aliphatic heterocycles. The van der Waals surface area contributed by atoms with Crippen molar-refractivity contribution in [1.82, 2.24) is 5.32 Å². The van der Waals surface area contributed by atoms with Crippen molar-refractivity contribution in [3.8, 4) is 5.75 Å². The molecule has 1 aromatic rings. The predicted molar refractivity (Wildman–Crippen MR) is 65.6 cm³/mol. The monoisotopic (exact) mass is 273 g/mol. The van der Waals surface area contributed by atoms with Gasteiger partial charge >= 0.3 is 6.18 Å². The second kappa shape index (κ2) is 5.08. The Labute approximate surface area is 108 Å². The number of nitrogens with two attached hydrogens (primary N) is 1. The molecule has 1 aliphatic rings. The summed E-state index contributed by atoms with van der Waals surface area (Å²) >= 11 is 0. The van der Waals surface area contributed by atoms with E-state index in [9.17, 15) is 13.2 Å². The molecule has 1 heterocycles. The molecule has 104 valence electrons. The quantitative estimate of drug-likeness (QED) is 0.886. The molecule has 1 atom stereocenters. The number of benzene rings is 1. The van der Waals surface area contributed by atoms with Gasteiger partial charge in [0.25, 0.3) is 0 Å². The predicted octanol–water partition coefficient (Wildman–Crippen LogP) is 2.11. The number of hydrogen-bond acceptors (Lipinski definition) is 4. The first-order valence-electron chi connectivity index (χ1n) is 5.76. The van der Waals surface area contributed by atoms with Gasteiger partial charge in [-0.15, -0.1) is 0 Å². The number of hydrogen-bond donors (Lipinski definition) is 2. The number of nitrogens with one attached hydrogen (secondary N) is 1. The standard InChI is InChI=1S/C12H14F3N3O/c1-7-11(16)18-9-4-8(2-3-10(9)19-7)5-17-6-12(13,14)15/h2-4,7,17H,5-6H2,1H3,(H2,16,18)/t7-/m1/s1. The summed E-state index contributed by atoms with van der Waals surface area (Å²) in [5.74, 6) is 0.939. The second-order valence-electron chi connectivity index (χ2n) is 4.32. The fourth-order valence-electron chi connectivity index (χ4n) is 1.69. The average molecular weight is 273 g/mol. The van der Waals surface area contributed by atoms with Crippen LogP contribution in [0.3, 0.4) is 0 Å². The average Bonchev–Trinajstić information content (AvgIpc) is 2.29. The molecule has 7 heteroatoms. The summed E-state index contributed by atoms with van der Waals surface area (Å²) in [7, 11) is 0. The van der Waals surface area contributed by atoms with Crippen LogP contribution in [-0.2, 0) is 6.54 Å². The molecule has 0 bridgehead atoms. The van der Waals surface area contributed by atoms with E-state index in [-0.39, 0.29) is 12.6 Å². The molecule has 0 radical (unpaired) electrons. The van der Waals surface area contributed by atoms with Crippen LogP contribution in [0.1, 0.15) is 12.5 Å². The van der Waals surface area contributed by atoms with E-state index in [1.165, 1.54) is 0 Å². The zero-order valence-electron chi connectivity index (χ0n) is 10.3. The minimum atomic E-state index is -4.21. The van der Waals surface area contributed by atoms with Gasteiger partial charge in [-0.1, -0.05) is 6.07 Å². The van der Waals surface area contributed by atoms with Gasteiger partial charge in [0.15, 0.2) is 6.10 Å². The van der Waals surface area contributed by atoms with Gasteiger partial charge in [0.05, 0.1) is 6.54 Å². The van der Waals surface area contributed by atoms with Gasteiger partial charge in [-0.2, -0.15) is 13.2 Å². The molecular weight excluding hydrogens is 259 g/mol. The second-order valence-corrected chi connectivity index (χ2v) is 4.32. The molecular formula is C12H14F3N3O. The summed E-state index contributed by atoms with van der Waals surface area (Å²) in [6.45, 7) is 0.862. The highest BCUT2D eigenvalue weighted by molar-refractivity contribution is 5.89. The van der Waals surface area contributed by atoms with Crippen LogP contribution in [0.25, 0.3) is 0 Å². The van der Waals surface area contributed by atoms with Crippen LogP contribution in [0.4, 0.5) is 18.9 Å². The first kappa shape index (κ1) is 13.7. The number of fused-ring (bicyclic) bond motifs is 1. The number of nitrogens with zero attached hydrogens (tertiary/aromatic N) is 1. The van der Waals surface area contributed by atoms with E-state index in [1.54, 1.807) is 25.1 Å². The van der Waals surface area contributed by atoms with E-state index in [0.717, 1.165) is 0 Å². The van der Waals surface area contributed by atoms with Gasteiger partial charge < -0.3 is 15.8 Å². The maximum absolute atomic E-state index is 12.0. The minimum absolute atomic E-state index is 0.109. The minimum Gasteiger partial charge on any atom is -0.481 e. The molecule has 1 aromatic carbocycles. The Balaban J connectivity index is 2.05. The van der Waals surface area contributed by atoms with Gasteiger partial charge in [0.1, 0.15) is 17.3 Å². The van der Waals surface area contributed by atoms with E-state index in [4.69, 9.17) is 10.5 Å². The Morgan fingerprint density at radius 2 is 2.16 bits per heavy atom. The largest absolute Gasteiger partial charge is 0.481 e. The molecule has 0 amide bonds. The van der Waals surface area contributed by atoms with Gasteiger partial charge in [-0.25, -0.2) is 4.99 Å². The fraction of sp³-hybridized carbons (Fsp3) is 0.417. The Hall–Kier alpha value is -1.76. The Kier molecular flexibility index (Phi) is 3.66. The highest BCUT2D eigenvalue weighted by Gasteiger charge is 2.26. The molecule has 19 heavy (non-hydrogen) atoms. The highest BCUT2D eigenvalue weighted by atomic mass is 19.4. The lowest BCUT2D eigenvalue weighted by Gasteiger charge is -2.21. The van der Waals surface area contributed by atoms with Crippen molar-refractivity contribution in [2.24, 2.45) is 10.7 Å². The summed E-state index contributed by atoms with van der Waals surface area (Å²) in [4.78, 5) is 4.16. The number of halogens is 3. The molecule has 0 fully saturated rings. The lowest BCUT2D eigenvalue weighted by Crippen LogP contribution is -2.33. The van der Waals surface area contributed by atoms with Crippen LogP contribution in [-0.4, -0.2) is 24.7 Å². The first-order valence-corrected chi connectivity index (χ1v) is 5.76. The van der Waals surface area contributed by atoms with Crippen molar-refractivity contribution in [2.45, 2.75) is 25.7 Å². The van der Waals surface area contributed by atoms with Gasteiger partial charge in [0.2, 0.25) is 0 Å². The molecule has 0 unspecified atom stereocenters. The third-order valence-corrected chi connectivity index (χ3v) is 2.65. The smallest absolute Gasteiger partial charge is 0.401 e. The van der Waals surface area contributed by atoms with Crippen molar-refractivity contribution < 1.29 is 17.9 Å². The number of aliphatic imine (C=N–C) groups is 1. The van der Waals surface area contributed by atoms with Crippen LogP contribution < -0.4 is 15.8 Å². The van der Waals surface area contributed by atoms with Crippen LogP contribution in [0.2, 0.25) is 0 Å². The van der Waals surface area contributed by atoms with Crippen molar-refractivity contribution in [3.63, 3.8) is 0 Å². The van der Waals surface area contributed by atoms with Crippen LogP contribution in [0.5, 0.6) is 5.75 Å². The Morgan fingerprint density at radius 3 is 2.84 bits per heavy atom. The van der Waals surface area contributed by atoms with E-state index in [1.807, 2.05) is 0 Å². The van der Waals surface area contributed by atoms with Crippen LogP contribution in [0.15, 0.2) is 23.2 Å². The van der Waals surface area contributed by atoms with Crippen molar-refractivity contribution in [2.75, 3.05) is 6.54 Å². The summed E-state index contributed by atoms with van der Waals surface area (Å²) in [6.07, 6.45) is -4.50. The van der Waals surface area contributed by atoms with Gasteiger partial charge in [0, 0.05) is 6.54 Å². The number of alkyl halides is 3. The molecule has 2 rings (SSSR count). The van der Waals surface area contributed by atoms with Gasteiger partial charge in [-0.3, -0.25) is 0 Å². The molecule has 0 aromatic heterocycles. The van der Waals surface area contributed by atoms with E-state index >= 15 is 0 Å². The van der Waals surface area contributed by atoms with Crippen molar-refractivity contribution in [1.29, 1.82) is 0 Å². The van der Waals surface area contributed by atoms with E-state index in [0.29, 0.717) is 22.8 Å². The van der Waals surface area contributed by atoms with Crippen LogP contribution >= 0.6 is 0 Å². The molecule has 0 spiro atoms. The fourth-order valence-corrected chi connectivity index (χ4v) is 1.69. The highest BCUT2D eigenvalue weighted by Crippen LogP contribution is 2.32. The van der Waals surface area contributed by atoms with Crippen molar-refractivity contribution in [3.05, 3.63) is 23.8 Å². The third kappa shape index (κ3) is 3.60. The molecule has 3 N–H and O–H groups in total. The number of rotatable bonds is 3. The summed E-state index contributed by atoms with van der Waals surface area (Å²) in [6, 6.07) is 5.05. The lowest BCUT2D eigenvalue weighted by atomic mass is 10.1. The molecule has 4 nitrogen and oxygen atoms in total. The normalized spacial score (nSPS) is 18.5. The number of amidine groups is 1. The van der Waals surface area contributed by atoms with Crippen molar-refractivity contribution >= 4 is 11.5 Å². The SMILES string of the molecule is C[C@H]1Oc2ccc(CNCC(F)(F)F)cc2N=C1N. The molecule has 0 saturated carbocycles. The van der Waals surface area contributed by atoms with Gasteiger partial charge in [-0.05, 0) is 24.6 Å². The van der Waals surface area contributed by atoms with E-state index < -0.39 is 12.7 Å². The summed E-state index contributed by atoms with van der Waals surface area (Å²) in [5.41, 5.74) is 6.90. The zero-order valence-corrected chi connectivity index (χ0v) is 10.3. The maximum atomic E-state index is 12.0. The van der Waals surface area contributed by atoms with Crippen LogP contribution in [0, 0.1) is 0 Å². The molecule has 0 aliphatic carbocycles. The lowest BCUT2D eigenvalue weighted by molar-refractivity contribution is -0.125. The summed E-state index contributed by atoms with van der Waals surface area (Å²) < 4.78 is 41.5. The first-order chi connectivity index (χ1) is 8.85. The molecule has 0 saturated heterocycles. The zero-order chi connectivity index (χ0) is 14.0. The van der Waals surface area contributed by atoms with E-state index in [2.05, 4.69) is 10.3 Å². The topological polar surface area (TPSA) is 59.6 Å².